The quantitative estimate of drug-likeness (QED) is 0.657. The van der Waals surface area contributed by atoms with E-state index in [-0.39, 0.29) is 11.9 Å². The third kappa shape index (κ3) is 4.72. The van der Waals surface area contributed by atoms with Crippen molar-refractivity contribution in [2.75, 3.05) is 27.2 Å². The monoisotopic (exact) mass is 438 g/mol. The number of carbonyl (C=O) groups is 1. The number of carbonyl (C=O) groups excluding carboxylic acids is 1. The number of hydrogen-bond acceptors (Lipinski definition) is 2. The average molecular weight is 439 g/mol. The molecule has 0 aliphatic heterocycles. The van der Waals surface area contributed by atoms with Crippen LogP contribution < -0.4 is 0 Å². The first-order valence-electron chi connectivity index (χ1n) is 6.27. The van der Waals surface area contributed by atoms with Gasteiger partial charge in [-0.2, -0.15) is 0 Å². The van der Waals surface area contributed by atoms with Gasteiger partial charge in [-0.1, -0.05) is 0 Å². The topological polar surface area (TPSA) is 23.6 Å². The summed E-state index contributed by atoms with van der Waals surface area (Å²) in [6.45, 7) is 5.68. The largest absolute Gasteiger partial charge is 0.335 e. The van der Waals surface area contributed by atoms with Gasteiger partial charge in [-0.05, 0) is 84.7 Å². The molecule has 0 saturated heterocycles. The van der Waals surface area contributed by atoms with Gasteiger partial charge in [0.1, 0.15) is 0 Å². The van der Waals surface area contributed by atoms with E-state index in [4.69, 9.17) is 0 Å². The number of likely N-dealkylation sites (N-methyl/N-ethyl adjacent to an activating group) is 2. The van der Waals surface area contributed by atoms with Crippen LogP contribution in [0, 0.1) is 3.57 Å². The van der Waals surface area contributed by atoms with Crippen molar-refractivity contribution in [2.45, 2.75) is 19.9 Å². The zero-order chi connectivity index (χ0) is 14.6. The smallest absolute Gasteiger partial charge is 0.255 e. The Morgan fingerprint density at radius 2 is 2.05 bits per heavy atom. The Kier molecular flexibility index (Phi) is 6.76. The van der Waals surface area contributed by atoms with E-state index in [9.17, 15) is 4.79 Å². The molecule has 1 aromatic carbocycles. The Morgan fingerprint density at radius 3 is 2.58 bits per heavy atom. The minimum Gasteiger partial charge on any atom is -0.335 e. The van der Waals surface area contributed by atoms with Crippen LogP contribution in [0.2, 0.25) is 0 Å². The van der Waals surface area contributed by atoms with E-state index in [0.717, 1.165) is 20.2 Å². The number of hydrogen-bond donors (Lipinski definition) is 0. The van der Waals surface area contributed by atoms with Gasteiger partial charge in [-0.15, -0.1) is 0 Å². The number of halogens is 2. The van der Waals surface area contributed by atoms with Gasteiger partial charge in [0.05, 0.1) is 5.56 Å². The Labute approximate surface area is 137 Å². The molecule has 0 fully saturated rings. The molecule has 106 valence electrons. The maximum absolute atomic E-state index is 12.6. The summed E-state index contributed by atoms with van der Waals surface area (Å²) in [6.07, 6.45) is 0. The predicted molar refractivity (Wildman–Crippen MR) is 91.6 cm³/mol. The van der Waals surface area contributed by atoms with Gasteiger partial charge >= 0.3 is 0 Å². The second kappa shape index (κ2) is 7.59. The molecule has 1 atom stereocenters. The Balaban J connectivity index is 2.98. The van der Waals surface area contributed by atoms with Gasteiger partial charge < -0.3 is 9.80 Å². The lowest BCUT2D eigenvalue weighted by Crippen LogP contribution is -2.43. The van der Waals surface area contributed by atoms with Crippen LogP contribution in [0.1, 0.15) is 24.2 Å². The van der Waals surface area contributed by atoms with Gasteiger partial charge in [-0.3, -0.25) is 4.79 Å². The standard InChI is InChI=1S/C14H20BrIN2O/c1-5-18(10(2)9-17(3)4)14(19)12-8-11(16)6-7-13(12)15/h6-8,10H,5,9H2,1-4H3. The third-order valence-electron chi connectivity index (χ3n) is 2.92. The molecular weight excluding hydrogens is 419 g/mol. The van der Waals surface area contributed by atoms with E-state index in [1.807, 2.05) is 44.1 Å². The molecule has 0 aliphatic carbocycles. The first-order valence-corrected chi connectivity index (χ1v) is 8.14. The number of benzene rings is 1. The first kappa shape index (κ1) is 16.9. The highest BCUT2D eigenvalue weighted by Gasteiger charge is 2.22. The van der Waals surface area contributed by atoms with Gasteiger partial charge in [0.2, 0.25) is 0 Å². The molecule has 1 aromatic rings. The van der Waals surface area contributed by atoms with Crippen LogP contribution in [0.4, 0.5) is 0 Å². The molecule has 0 spiro atoms. The lowest BCUT2D eigenvalue weighted by Gasteiger charge is -2.30. The van der Waals surface area contributed by atoms with Crippen molar-refractivity contribution < 1.29 is 4.79 Å². The molecule has 5 heteroatoms. The molecule has 0 aromatic heterocycles. The van der Waals surface area contributed by atoms with E-state index in [1.54, 1.807) is 0 Å². The van der Waals surface area contributed by atoms with E-state index in [0.29, 0.717) is 6.54 Å². The highest BCUT2D eigenvalue weighted by molar-refractivity contribution is 14.1. The molecule has 0 heterocycles. The summed E-state index contributed by atoms with van der Waals surface area (Å²) in [6, 6.07) is 6.04. The van der Waals surface area contributed by atoms with Gasteiger partial charge in [0, 0.05) is 27.2 Å². The van der Waals surface area contributed by atoms with Crippen molar-refractivity contribution in [1.29, 1.82) is 0 Å². The minimum absolute atomic E-state index is 0.0854. The number of rotatable bonds is 5. The van der Waals surface area contributed by atoms with Crippen LogP contribution >= 0.6 is 38.5 Å². The fourth-order valence-electron chi connectivity index (χ4n) is 2.10. The van der Waals surface area contributed by atoms with Crippen LogP contribution in [0.15, 0.2) is 22.7 Å². The van der Waals surface area contributed by atoms with E-state index in [1.165, 1.54) is 0 Å². The first-order chi connectivity index (χ1) is 8.86. The maximum atomic E-state index is 12.6. The summed E-state index contributed by atoms with van der Waals surface area (Å²) in [5.41, 5.74) is 0.736. The average Bonchev–Trinajstić information content (AvgIpc) is 2.32. The van der Waals surface area contributed by atoms with E-state index in [2.05, 4.69) is 50.3 Å². The highest BCUT2D eigenvalue weighted by atomic mass is 127. The minimum atomic E-state index is 0.0854. The Bertz CT molecular complexity index is 451. The zero-order valence-electron chi connectivity index (χ0n) is 11.8. The lowest BCUT2D eigenvalue weighted by molar-refractivity contribution is 0.0678. The summed E-state index contributed by atoms with van der Waals surface area (Å²) in [4.78, 5) is 16.7. The van der Waals surface area contributed by atoms with Crippen LogP contribution in [0.3, 0.4) is 0 Å². The SMILES string of the molecule is CCN(C(=O)c1cc(I)ccc1Br)C(C)CN(C)C. The fourth-order valence-corrected chi connectivity index (χ4v) is 3.01. The fraction of sp³-hybridized carbons (Fsp3) is 0.500. The molecular formula is C14H20BrIN2O. The zero-order valence-corrected chi connectivity index (χ0v) is 15.5. The number of amides is 1. The predicted octanol–water partition coefficient (Wildman–Crippen LogP) is 3.47. The second-order valence-corrected chi connectivity index (χ2v) is 6.93. The van der Waals surface area contributed by atoms with Crippen molar-refractivity contribution >= 4 is 44.4 Å². The summed E-state index contributed by atoms with van der Waals surface area (Å²) in [5.74, 6) is 0.0854. The second-order valence-electron chi connectivity index (χ2n) is 4.83. The summed E-state index contributed by atoms with van der Waals surface area (Å²) in [5, 5.41) is 0. The van der Waals surface area contributed by atoms with E-state index < -0.39 is 0 Å². The van der Waals surface area contributed by atoms with Crippen molar-refractivity contribution in [3.63, 3.8) is 0 Å². The maximum Gasteiger partial charge on any atom is 0.255 e. The summed E-state index contributed by atoms with van der Waals surface area (Å²) < 4.78 is 1.92. The van der Waals surface area contributed by atoms with Gasteiger partial charge in [-0.25, -0.2) is 0 Å². The molecule has 1 unspecified atom stereocenters. The molecule has 3 nitrogen and oxygen atoms in total. The van der Waals surface area contributed by atoms with E-state index >= 15 is 0 Å². The molecule has 0 radical (unpaired) electrons. The van der Waals surface area contributed by atoms with Crippen molar-refractivity contribution in [2.24, 2.45) is 0 Å². The Morgan fingerprint density at radius 1 is 1.42 bits per heavy atom. The molecule has 0 bridgehead atoms. The van der Waals surface area contributed by atoms with Crippen LogP contribution in [0.25, 0.3) is 0 Å². The van der Waals surface area contributed by atoms with Gasteiger partial charge in [0.15, 0.2) is 0 Å². The van der Waals surface area contributed by atoms with Crippen molar-refractivity contribution in [1.82, 2.24) is 9.80 Å². The number of nitrogens with zero attached hydrogens (tertiary/aromatic N) is 2. The van der Waals surface area contributed by atoms with Crippen LogP contribution in [0.5, 0.6) is 0 Å². The molecule has 0 aliphatic rings. The third-order valence-corrected chi connectivity index (χ3v) is 4.28. The molecule has 1 rings (SSSR count). The summed E-state index contributed by atoms with van der Waals surface area (Å²) >= 11 is 5.70. The van der Waals surface area contributed by atoms with Crippen molar-refractivity contribution in [3.8, 4) is 0 Å². The van der Waals surface area contributed by atoms with Crippen molar-refractivity contribution in [3.05, 3.63) is 31.8 Å². The lowest BCUT2D eigenvalue weighted by atomic mass is 10.1. The Hall–Kier alpha value is -0.140. The molecule has 1 amide bonds. The molecule has 0 N–H and O–H groups in total. The molecule has 19 heavy (non-hydrogen) atoms. The van der Waals surface area contributed by atoms with Gasteiger partial charge in [0.25, 0.3) is 5.91 Å². The molecule has 0 saturated carbocycles. The highest BCUT2D eigenvalue weighted by Crippen LogP contribution is 2.22. The summed E-state index contributed by atoms with van der Waals surface area (Å²) in [7, 11) is 4.05. The van der Waals surface area contributed by atoms with Crippen LogP contribution in [-0.2, 0) is 0 Å². The van der Waals surface area contributed by atoms with Crippen LogP contribution in [-0.4, -0.2) is 48.9 Å². The normalized spacial score (nSPS) is 12.6.